The molecule has 4 N–H and O–H groups in total. The van der Waals surface area contributed by atoms with Crippen molar-refractivity contribution in [3.63, 3.8) is 0 Å². The number of carbonyl (C=O) groups is 1. The molecule has 3 fully saturated rings. The number of fused-ring (bicyclic) bond motifs is 2. The van der Waals surface area contributed by atoms with Crippen LogP contribution in [0.1, 0.15) is 24.3 Å². The van der Waals surface area contributed by atoms with Crippen LogP contribution in [0.3, 0.4) is 0 Å². The summed E-state index contributed by atoms with van der Waals surface area (Å²) in [5.74, 6) is -5.34. The van der Waals surface area contributed by atoms with E-state index in [1.54, 1.807) is 0 Å². The minimum Gasteiger partial charge on any atom is -0.504 e. The lowest BCUT2D eigenvalue weighted by molar-refractivity contribution is -0.145. The second-order valence-corrected chi connectivity index (χ2v) is 13.6. The zero-order valence-electron chi connectivity index (χ0n) is 19.0. The molecule has 0 aromatic heterocycles. The molecule has 8 unspecified atom stereocenters. The average Bonchev–Trinajstić information content (AvgIpc) is 3.34. The van der Waals surface area contributed by atoms with Crippen molar-refractivity contribution in [2.75, 3.05) is 0 Å². The summed E-state index contributed by atoms with van der Waals surface area (Å²) < 4.78 is 4.14. The molecule has 3 saturated carbocycles. The SMILES string of the molecule is O=C(O)C1CC23C(Cl)C(Cl)C(Cl)C(Cl)C2(CC1c1c2ccc(=O)c(O)c-2oc2c(O)c(O)ccc12)C3(Cl)Cl. The van der Waals surface area contributed by atoms with E-state index < -0.39 is 77.2 Å². The van der Waals surface area contributed by atoms with Crippen LogP contribution in [-0.2, 0) is 4.79 Å². The van der Waals surface area contributed by atoms with E-state index in [4.69, 9.17) is 74.0 Å². The molecule has 0 amide bonds. The molecule has 1 aromatic carbocycles. The third-order valence-electron chi connectivity index (χ3n) is 8.91. The monoisotopic (exact) mass is 640 g/mol. The van der Waals surface area contributed by atoms with Crippen LogP contribution < -0.4 is 5.43 Å². The Morgan fingerprint density at radius 1 is 0.895 bits per heavy atom. The first-order chi connectivity index (χ1) is 17.7. The molecule has 1 aliphatic heterocycles. The standard InChI is InChI=1S/C25H18Cl6O7/c26-14-15(27)21(29)24-6-10(22(36)37)9(5-23(24,20(14)28)25(24,30)31)13-7-1-3-11(32)16(34)18(7)38-19-8(13)2-4-12(33)17(19)35/h1-4,9-10,14-15,20-21,32,34-35H,5-6H2,(H,36,37). The Balaban J connectivity index is 1.67. The number of hydrogen-bond acceptors (Lipinski definition) is 6. The Morgan fingerprint density at radius 2 is 1.50 bits per heavy atom. The van der Waals surface area contributed by atoms with Gasteiger partial charge in [0.05, 0.1) is 27.4 Å². The van der Waals surface area contributed by atoms with Crippen LogP contribution in [0.25, 0.3) is 22.3 Å². The number of carboxylic acids is 1. The number of phenolic OH excluding ortho intramolecular Hbond substituents is 3. The Bertz CT molecular complexity index is 1560. The average molecular weight is 643 g/mol. The molecule has 1 aromatic rings. The van der Waals surface area contributed by atoms with Crippen molar-refractivity contribution in [1.82, 2.24) is 0 Å². The molecule has 4 aliphatic carbocycles. The van der Waals surface area contributed by atoms with Crippen molar-refractivity contribution >= 4 is 86.5 Å². The maximum absolute atomic E-state index is 12.8. The van der Waals surface area contributed by atoms with E-state index in [0.29, 0.717) is 5.56 Å². The van der Waals surface area contributed by atoms with Gasteiger partial charge < -0.3 is 24.8 Å². The highest BCUT2D eigenvalue weighted by atomic mass is 35.5. The molecule has 6 rings (SSSR count). The number of halogens is 6. The van der Waals surface area contributed by atoms with E-state index in [-0.39, 0.29) is 35.1 Å². The summed E-state index contributed by atoms with van der Waals surface area (Å²) in [5.41, 5.74) is -2.73. The number of carboxylic acid groups (broad SMARTS) is 1. The maximum Gasteiger partial charge on any atom is 0.307 e. The van der Waals surface area contributed by atoms with Crippen LogP contribution in [-0.4, -0.2) is 52.2 Å². The fraction of sp³-hybridized carbons (Fsp3) is 0.440. The topological polar surface area (TPSA) is 128 Å². The first kappa shape index (κ1) is 26.7. The smallest absolute Gasteiger partial charge is 0.307 e. The van der Waals surface area contributed by atoms with Crippen LogP contribution in [0.2, 0.25) is 0 Å². The number of aromatic hydroxyl groups is 3. The molecule has 0 saturated heterocycles. The molecule has 38 heavy (non-hydrogen) atoms. The molecular formula is C25H18Cl6O7. The highest BCUT2D eigenvalue weighted by Gasteiger charge is 2.94. The summed E-state index contributed by atoms with van der Waals surface area (Å²) in [4.78, 5) is 25.0. The molecule has 1 heterocycles. The lowest BCUT2D eigenvalue weighted by Gasteiger charge is -2.48. The van der Waals surface area contributed by atoms with Crippen LogP contribution in [0.4, 0.5) is 0 Å². The lowest BCUT2D eigenvalue weighted by Crippen LogP contribution is -2.54. The second-order valence-electron chi connectivity index (χ2n) is 10.3. The van der Waals surface area contributed by atoms with Gasteiger partial charge in [0.1, 0.15) is 4.33 Å². The summed E-state index contributed by atoms with van der Waals surface area (Å²) in [5, 5.41) is 38.6. The van der Waals surface area contributed by atoms with Crippen molar-refractivity contribution in [2.45, 2.75) is 44.6 Å². The highest BCUT2D eigenvalue weighted by Crippen LogP contribution is 2.91. The normalized spacial score (nSPS) is 37.5. The van der Waals surface area contributed by atoms with Gasteiger partial charge in [-0.2, -0.15) is 0 Å². The van der Waals surface area contributed by atoms with Gasteiger partial charge in [0.2, 0.25) is 16.9 Å². The minimum absolute atomic E-state index is 0.0108. The van der Waals surface area contributed by atoms with Crippen LogP contribution in [0.5, 0.6) is 17.2 Å². The van der Waals surface area contributed by atoms with E-state index >= 15 is 0 Å². The van der Waals surface area contributed by atoms with Crippen LogP contribution in [0.15, 0.2) is 33.5 Å². The lowest BCUT2D eigenvalue weighted by atomic mass is 9.60. The van der Waals surface area contributed by atoms with Crippen molar-refractivity contribution in [1.29, 1.82) is 0 Å². The fourth-order valence-corrected chi connectivity index (χ4v) is 10.8. The minimum atomic E-state index is -1.56. The third kappa shape index (κ3) is 2.91. The number of phenols is 3. The summed E-state index contributed by atoms with van der Waals surface area (Å²) in [6, 6.07) is 5.21. The molecule has 5 aliphatic rings. The maximum atomic E-state index is 12.8. The Hall–Kier alpha value is -1.48. The summed E-state index contributed by atoms with van der Waals surface area (Å²) >= 11 is 40.8. The largest absolute Gasteiger partial charge is 0.504 e. The van der Waals surface area contributed by atoms with Gasteiger partial charge in [-0.05, 0) is 48.6 Å². The third-order valence-corrected chi connectivity index (χ3v) is 13.0. The van der Waals surface area contributed by atoms with Gasteiger partial charge in [0, 0.05) is 21.8 Å². The summed E-state index contributed by atoms with van der Waals surface area (Å²) in [7, 11) is 0. The van der Waals surface area contributed by atoms with Crippen molar-refractivity contribution < 1.29 is 29.6 Å². The van der Waals surface area contributed by atoms with E-state index in [2.05, 4.69) is 0 Å². The summed E-state index contributed by atoms with van der Waals surface area (Å²) in [6.45, 7) is 0. The number of hydrogen-bond donors (Lipinski definition) is 4. The van der Waals surface area contributed by atoms with Gasteiger partial charge >= 0.3 is 5.97 Å². The van der Waals surface area contributed by atoms with Gasteiger partial charge in [-0.3, -0.25) is 9.59 Å². The van der Waals surface area contributed by atoms with Crippen molar-refractivity contribution in [3.05, 3.63) is 40.1 Å². The Morgan fingerprint density at radius 3 is 2.11 bits per heavy atom. The Kier molecular flexibility index (Phi) is 5.82. The molecule has 0 radical (unpaired) electrons. The first-order valence-electron chi connectivity index (χ1n) is 11.5. The summed E-state index contributed by atoms with van der Waals surface area (Å²) in [6.07, 6.45) is -0.0775. The van der Waals surface area contributed by atoms with Gasteiger partial charge in [-0.25, -0.2) is 0 Å². The van der Waals surface area contributed by atoms with Gasteiger partial charge in [0.25, 0.3) is 0 Å². The van der Waals surface area contributed by atoms with E-state index in [0.717, 1.165) is 6.07 Å². The molecule has 13 heteroatoms. The Labute approximate surface area is 245 Å². The van der Waals surface area contributed by atoms with Gasteiger partial charge in [-0.1, -0.05) is 0 Å². The molecule has 0 spiro atoms. The molecule has 0 bridgehead atoms. The molecule has 8 atom stereocenters. The quantitative estimate of drug-likeness (QED) is 0.149. The zero-order valence-corrected chi connectivity index (χ0v) is 23.5. The highest BCUT2D eigenvalue weighted by molar-refractivity contribution is 6.55. The number of aliphatic carboxylic acids is 1. The number of rotatable bonds is 2. The molecular weight excluding hydrogens is 625 g/mol. The van der Waals surface area contributed by atoms with E-state index in [9.17, 15) is 30.0 Å². The number of alkyl halides is 6. The van der Waals surface area contributed by atoms with Gasteiger partial charge in [-0.15, -0.1) is 69.6 Å². The second kappa shape index (κ2) is 8.27. The molecule has 7 nitrogen and oxygen atoms in total. The van der Waals surface area contributed by atoms with E-state index in [1.807, 2.05) is 0 Å². The molecule has 202 valence electrons. The number of benzene rings is 2. The first-order valence-corrected chi connectivity index (χ1v) is 14.0. The van der Waals surface area contributed by atoms with Gasteiger partial charge in [0.15, 0.2) is 17.1 Å². The van der Waals surface area contributed by atoms with Crippen LogP contribution >= 0.6 is 69.6 Å². The predicted molar refractivity (Wildman–Crippen MR) is 145 cm³/mol. The van der Waals surface area contributed by atoms with E-state index in [1.165, 1.54) is 18.2 Å². The predicted octanol–water partition coefficient (Wildman–Crippen LogP) is 6.20. The van der Waals surface area contributed by atoms with Crippen molar-refractivity contribution in [3.8, 4) is 28.6 Å². The van der Waals surface area contributed by atoms with Crippen LogP contribution in [0, 0.1) is 16.7 Å². The van der Waals surface area contributed by atoms with Crippen molar-refractivity contribution in [2.24, 2.45) is 16.7 Å². The zero-order chi connectivity index (χ0) is 27.7. The fourth-order valence-electron chi connectivity index (χ4n) is 7.14.